The van der Waals surface area contributed by atoms with Gasteiger partial charge in [0.05, 0.1) is 5.56 Å². The highest BCUT2D eigenvalue weighted by Gasteiger charge is 2.29. The van der Waals surface area contributed by atoms with Crippen molar-refractivity contribution in [3.63, 3.8) is 0 Å². The first-order chi connectivity index (χ1) is 12.4. The lowest BCUT2D eigenvalue weighted by Crippen LogP contribution is -2.44. The molecule has 0 aromatic heterocycles. The Balaban J connectivity index is 1.72. The summed E-state index contributed by atoms with van der Waals surface area (Å²) in [5.41, 5.74) is 0.257. The van der Waals surface area contributed by atoms with E-state index in [1.54, 1.807) is 7.05 Å². The Bertz CT molecular complexity index is 569. The van der Waals surface area contributed by atoms with Crippen molar-refractivity contribution < 1.29 is 13.2 Å². The van der Waals surface area contributed by atoms with Crippen LogP contribution < -0.4 is 10.6 Å². The average Bonchev–Trinajstić information content (AvgIpc) is 2.64. The van der Waals surface area contributed by atoms with Crippen LogP contribution >= 0.6 is 0 Å². The molecule has 0 saturated carbocycles. The van der Waals surface area contributed by atoms with Crippen LogP contribution in [0, 0.1) is 5.92 Å². The summed E-state index contributed by atoms with van der Waals surface area (Å²) in [5.74, 6) is 1.36. The number of nitrogens with one attached hydrogen (secondary N) is 2. The molecular formula is C19H29F3N4. The van der Waals surface area contributed by atoms with Gasteiger partial charge < -0.3 is 15.5 Å². The number of piperidine rings is 1. The van der Waals surface area contributed by atoms with Gasteiger partial charge in [0.1, 0.15) is 0 Å². The molecule has 1 aliphatic rings. The average molecular weight is 370 g/mol. The molecule has 1 aromatic carbocycles. The van der Waals surface area contributed by atoms with E-state index in [9.17, 15) is 13.2 Å². The van der Waals surface area contributed by atoms with E-state index < -0.39 is 11.7 Å². The lowest BCUT2D eigenvalue weighted by molar-refractivity contribution is -0.137. The Kier molecular flexibility index (Phi) is 7.75. The Morgan fingerprint density at radius 3 is 2.58 bits per heavy atom. The van der Waals surface area contributed by atoms with Crippen LogP contribution in [0.1, 0.15) is 30.9 Å². The third-order valence-electron chi connectivity index (χ3n) is 4.82. The van der Waals surface area contributed by atoms with Crippen LogP contribution in [0.5, 0.6) is 0 Å². The van der Waals surface area contributed by atoms with Gasteiger partial charge >= 0.3 is 6.18 Å². The quantitative estimate of drug-likeness (QED) is 0.597. The monoisotopic (exact) mass is 370 g/mol. The summed E-state index contributed by atoms with van der Waals surface area (Å²) in [6.45, 7) is 7.10. The van der Waals surface area contributed by atoms with Crippen LogP contribution in [-0.4, -0.2) is 50.6 Å². The number of hydrogen-bond acceptors (Lipinski definition) is 2. The van der Waals surface area contributed by atoms with Crippen LogP contribution in [0.4, 0.5) is 13.2 Å². The maximum Gasteiger partial charge on any atom is 0.416 e. The fourth-order valence-corrected chi connectivity index (χ4v) is 3.25. The molecule has 2 N–H and O–H groups in total. The van der Waals surface area contributed by atoms with Crippen molar-refractivity contribution in [3.05, 3.63) is 35.4 Å². The molecule has 0 radical (unpaired) electrons. The van der Waals surface area contributed by atoms with Gasteiger partial charge in [0, 0.05) is 26.7 Å². The molecule has 1 unspecified atom stereocenters. The number of guanidine groups is 1. The minimum atomic E-state index is -4.28. The highest BCUT2D eigenvalue weighted by Crippen LogP contribution is 2.29. The van der Waals surface area contributed by atoms with Crippen molar-refractivity contribution in [2.45, 2.75) is 32.4 Å². The van der Waals surface area contributed by atoms with Crippen LogP contribution in [0.2, 0.25) is 0 Å². The summed E-state index contributed by atoms with van der Waals surface area (Å²) in [6.07, 6.45) is -1.17. The lowest BCUT2D eigenvalue weighted by Gasteiger charge is -2.32. The number of alkyl halides is 3. The van der Waals surface area contributed by atoms with Crippen molar-refractivity contribution >= 4 is 5.96 Å². The second-order valence-corrected chi connectivity index (χ2v) is 6.73. The molecule has 1 saturated heterocycles. The van der Waals surface area contributed by atoms with Crippen LogP contribution in [0.15, 0.2) is 29.3 Å². The van der Waals surface area contributed by atoms with Gasteiger partial charge in [-0.3, -0.25) is 4.99 Å². The van der Waals surface area contributed by atoms with Gasteiger partial charge in [-0.1, -0.05) is 19.1 Å². The van der Waals surface area contributed by atoms with Crippen LogP contribution in [0.3, 0.4) is 0 Å². The van der Waals surface area contributed by atoms with E-state index in [0.717, 1.165) is 43.3 Å². The summed E-state index contributed by atoms with van der Waals surface area (Å²) in [5, 5.41) is 6.59. The molecule has 1 aliphatic heterocycles. The Labute approximate surface area is 153 Å². The van der Waals surface area contributed by atoms with Crippen LogP contribution in [-0.2, 0) is 12.6 Å². The van der Waals surface area contributed by atoms with E-state index in [2.05, 4.69) is 27.4 Å². The number of benzene rings is 1. The maximum absolute atomic E-state index is 12.6. The first kappa shape index (κ1) is 20.6. The molecule has 0 amide bonds. The molecule has 0 bridgehead atoms. The van der Waals surface area contributed by atoms with Crippen molar-refractivity contribution in [2.24, 2.45) is 10.9 Å². The molecule has 1 aromatic rings. The third kappa shape index (κ3) is 6.52. The highest BCUT2D eigenvalue weighted by atomic mass is 19.4. The Hall–Kier alpha value is -1.76. The van der Waals surface area contributed by atoms with Gasteiger partial charge in [-0.15, -0.1) is 0 Å². The van der Waals surface area contributed by atoms with Gasteiger partial charge in [-0.2, -0.15) is 13.2 Å². The predicted octanol–water partition coefficient (Wildman–Crippen LogP) is 3.14. The number of rotatable bonds is 6. The number of likely N-dealkylation sites (tertiary alicyclic amines) is 1. The van der Waals surface area contributed by atoms with Gasteiger partial charge in [0.15, 0.2) is 5.96 Å². The third-order valence-corrected chi connectivity index (χ3v) is 4.82. The van der Waals surface area contributed by atoms with Crippen molar-refractivity contribution in [1.29, 1.82) is 0 Å². The predicted molar refractivity (Wildman–Crippen MR) is 99.4 cm³/mol. The summed E-state index contributed by atoms with van der Waals surface area (Å²) < 4.78 is 37.7. The zero-order valence-electron chi connectivity index (χ0n) is 15.6. The Morgan fingerprint density at radius 1 is 1.23 bits per heavy atom. The number of aliphatic imine (C=N–C) groups is 1. The molecule has 0 spiro atoms. The number of halogens is 3. The SMILES string of the molecule is CCN1CCCC(CNC(=NC)NCCc2ccc(C(F)(F)F)cc2)C1. The minimum absolute atomic E-state index is 0.611. The molecule has 1 atom stereocenters. The molecule has 7 heteroatoms. The van der Waals surface area contributed by atoms with Gasteiger partial charge in [0.25, 0.3) is 0 Å². The van der Waals surface area contributed by atoms with Crippen molar-refractivity contribution in [3.8, 4) is 0 Å². The van der Waals surface area contributed by atoms with E-state index in [0.29, 0.717) is 18.9 Å². The molecule has 4 nitrogen and oxygen atoms in total. The Morgan fingerprint density at radius 2 is 1.96 bits per heavy atom. The molecule has 2 rings (SSSR count). The van der Waals surface area contributed by atoms with E-state index in [4.69, 9.17) is 0 Å². The highest BCUT2D eigenvalue weighted by molar-refractivity contribution is 5.79. The first-order valence-electron chi connectivity index (χ1n) is 9.25. The van der Waals surface area contributed by atoms with Crippen LogP contribution in [0.25, 0.3) is 0 Å². The molecule has 26 heavy (non-hydrogen) atoms. The van der Waals surface area contributed by atoms with E-state index in [1.807, 2.05) is 0 Å². The fraction of sp³-hybridized carbons (Fsp3) is 0.632. The molecule has 1 fully saturated rings. The number of hydrogen-bond donors (Lipinski definition) is 2. The summed E-state index contributed by atoms with van der Waals surface area (Å²) in [4.78, 5) is 6.69. The molecular weight excluding hydrogens is 341 g/mol. The van der Waals surface area contributed by atoms with Gasteiger partial charge in [0.2, 0.25) is 0 Å². The number of nitrogens with zero attached hydrogens (tertiary/aromatic N) is 2. The normalized spacial score (nSPS) is 19.4. The van der Waals surface area contributed by atoms with Gasteiger partial charge in [-0.25, -0.2) is 0 Å². The second-order valence-electron chi connectivity index (χ2n) is 6.73. The first-order valence-corrected chi connectivity index (χ1v) is 9.25. The molecule has 0 aliphatic carbocycles. The topological polar surface area (TPSA) is 39.7 Å². The minimum Gasteiger partial charge on any atom is -0.356 e. The fourth-order valence-electron chi connectivity index (χ4n) is 3.25. The summed E-state index contributed by atoms with van der Waals surface area (Å²) >= 11 is 0. The zero-order valence-corrected chi connectivity index (χ0v) is 15.6. The maximum atomic E-state index is 12.6. The van der Waals surface area contributed by atoms with Crippen molar-refractivity contribution in [2.75, 3.05) is 39.8 Å². The van der Waals surface area contributed by atoms with E-state index in [1.165, 1.54) is 31.5 Å². The molecule has 146 valence electrons. The van der Waals surface area contributed by atoms with Gasteiger partial charge in [-0.05, 0) is 56.0 Å². The van der Waals surface area contributed by atoms with E-state index >= 15 is 0 Å². The van der Waals surface area contributed by atoms with Crippen molar-refractivity contribution in [1.82, 2.24) is 15.5 Å². The summed E-state index contributed by atoms with van der Waals surface area (Å²) in [7, 11) is 1.73. The standard InChI is InChI=1S/C19H29F3N4/c1-3-26-12-4-5-16(14-26)13-25-18(23-2)24-11-10-15-6-8-17(9-7-15)19(20,21)22/h6-9,16H,3-5,10-14H2,1-2H3,(H2,23,24,25). The smallest absolute Gasteiger partial charge is 0.356 e. The lowest BCUT2D eigenvalue weighted by atomic mass is 9.98. The zero-order chi connectivity index (χ0) is 19.0. The summed E-state index contributed by atoms with van der Waals surface area (Å²) in [6, 6.07) is 5.32. The second kappa shape index (κ2) is 9.80. The largest absolute Gasteiger partial charge is 0.416 e. The molecule has 1 heterocycles. The van der Waals surface area contributed by atoms with E-state index in [-0.39, 0.29) is 0 Å².